The van der Waals surface area contributed by atoms with E-state index in [0.717, 1.165) is 15.6 Å². The number of carbonyl (C=O) groups is 2. The molecule has 1 N–H and O–H groups in total. The van der Waals surface area contributed by atoms with Gasteiger partial charge in [0, 0.05) is 28.5 Å². The molecule has 0 aromatic heterocycles. The van der Waals surface area contributed by atoms with Crippen LogP contribution in [0.3, 0.4) is 0 Å². The number of halogens is 3. The molecule has 3 aromatic rings. The molecule has 3 aromatic carbocycles. The minimum Gasteiger partial charge on any atom is -0.482 e. The van der Waals surface area contributed by atoms with Gasteiger partial charge in [0.25, 0.3) is 5.91 Å². The van der Waals surface area contributed by atoms with Crippen LogP contribution in [0.15, 0.2) is 77.3 Å². The maximum Gasteiger partial charge on any atom is 0.261 e. The summed E-state index contributed by atoms with van der Waals surface area (Å²) < 4.78 is 6.56. The smallest absolute Gasteiger partial charge is 0.261 e. The number of carbonyl (C=O) groups excluding carboxylic acids is 2. The van der Waals surface area contributed by atoms with Gasteiger partial charge < -0.3 is 15.0 Å². The normalized spacial score (nSPS) is 11.7. The molecule has 1 unspecified atom stereocenters. The van der Waals surface area contributed by atoms with Crippen molar-refractivity contribution in [1.82, 2.24) is 10.2 Å². The number of rotatable bonds is 10. The van der Waals surface area contributed by atoms with Crippen LogP contribution in [0.25, 0.3) is 0 Å². The van der Waals surface area contributed by atoms with E-state index in [-0.39, 0.29) is 31.0 Å². The van der Waals surface area contributed by atoms with Crippen molar-refractivity contribution in [3.8, 4) is 5.75 Å². The summed E-state index contributed by atoms with van der Waals surface area (Å²) in [7, 11) is 0. The van der Waals surface area contributed by atoms with Crippen LogP contribution in [0, 0.1) is 0 Å². The van der Waals surface area contributed by atoms with Crippen molar-refractivity contribution in [2.45, 2.75) is 38.9 Å². The summed E-state index contributed by atoms with van der Waals surface area (Å²) in [6.07, 6.45) is 0.352. The van der Waals surface area contributed by atoms with Crippen molar-refractivity contribution in [3.63, 3.8) is 0 Å². The predicted molar refractivity (Wildman–Crippen MR) is 144 cm³/mol. The zero-order valence-electron chi connectivity index (χ0n) is 19.5. The Hall–Kier alpha value is -2.54. The summed E-state index contributed by atoms with van der Waals surface area (Å²) in [4.78, 5) is 28.4. The fourth-order valence-electron chi connectivity index (χ4n) is 3.58. The lowest BCUT2D eigenvalue weighted by Crippen LogP contribution is -2.52. The van der Waals surface area contributed by atoms with E-state index in [2.05, 4.69) is 21.2 Å². The number of benzene rings is 3. The first kappa shape index (κ1) is 27.1. The highest BCUT2D eigenvalue weighted by atomic mass is 79.9. The van der Waals surface area contributed by atoms with E-state index >= 15 is 0 Å². The molecule has 3 rings (SSSR count). The average Bonchev–Trinajstić information content (AvgIpc) is 2.81. The average molecular weight is 578 g/mol. The lowest BCUT2D eigenvalue weighted by atomic mass is 10.0. The van der Waals surface area contributed by atoms with Crippen LogP contribution in [0.4, 0.5) is 0 Å². The minimum atomic E-state index is -0.754. The summed E-state index contributed by atoms with van der Waals surface area (Å²) in [5.74, 6) is -0.193. The first-order valence-electron chi connectivity index (χ1n) is 11.2. The maximum atomic E-state index is 13.5. The molecule has 0 radical (unpaired) electrons. The molecule has 0 fully saturated rings. The van der Waals surface area contributed by atoms with Gasteiger partial charge in [-0.3, -0.25) is 9.59 Å². The molecule has 1 atom stereocenters. The van der Waals surface area contributed by atoms with Gasteiger partial charge in [-0.15, -0.1) is 0 Å². The van der Waals surface area contributed by atoms with Gasteiger partial charge >= 0.3 is 0 Å². The van der Waals surface area contributed by atoms with Crippen LogP contribution in [-0.4, -0.2) is 35.4 Å². The molecule has 0 aliphatic rings. The third kappa shape index (κ3) is 8.27. The zero-order valence-corrected chi connectivity index (χ0v) is 22.6. The van der Waals surface area contributed by atoms with Gasteiger partial charge in [0.15, 0.2) is 6.61 Å². The molecule has 0 heterocycles. The van der Waals surface area contributed by atoms with Gasteiger partial charge in [-0.2, -0.15) is 0 Å². The fraction of sp³-hybridized carbons (Fsp3) is 0.259. The molecule has 0 aliphatic carbocycles. The van der Waals surface area contributed by atoms with Crippen LogP contribution in [0.2, 0.25) is 10.0 Å². The second-order valence-electron chi connectivity index (χ2n) is 8.38. The highest BCUT2D eigenvalue weighted by Gasteiger charge is 2.31. The van der Waals surface area contributed by atoms with E-state index in [0.29, 0.717) is 22.2 Å². The van der Waals surface area contributed by atoms with Crippen LogP contribution >= 0.6 is 39.1 Å². The lowest BCUT2D eigenvalue weighted by Gasteiger charge is -2.32. The number of hydrogen-bond donors (Lipinski definition) is 1. The van der Waals surface area contributed by atoms with Gasteiger partial charge in [-0.1, -0.05) is 81.6 Å². The Balaban J connectivity index is 1.92. The molecular formula is C27H27BrCl2N2O3. The molecule has 0 saturated carbocycles. The highest BCUT2D eigenvalue weighted by molar-refractivity contribution is 9.10. The topological polar surface area (TPSA) is 58.6 Å². The number of hydrogen-bond acceptors (Lipinski definition) is 3. The third-order valence-electron chi connectivity index (χ3n) is 5.19. The Bertz CT molecular complexity index is 1160. The fourth-order valence-corrected chi connectivity index (χ4v) is 4.52. The third-order valence-corrected chi connectivity index (χ3v) is 6.21. The molecule has 0 spiro atoms. The summed E-state index contributed by atoms with van der Waals surface area (Å²) in [5, 5.41) is 3.89. The molecule has 35 heavy (non-hydrogen) atoms. The van der Waals surface area contributed by atoms with E-state index in [4.69, 9.17) is 27.9 Å². The van der Waals surface area contributed by atoms with Gasteiger partial charge in [-0.25, -0.2) is 0 Å². The first-order valence-corrected chi connectivity index (χ1v) is 12.7. The van der Waals surface area contributed by atoms with Crippen LogP contribution in [0.5, 0.6) is 5.75 Å². The highest BCUT2D eigenvalue weighted by Crippen LogP contribution is 2.28. The number of nitrogens with zero attached hydrogens (tertiary/aromatic N) is 1. The second kappa shape index (κ2) is 13.0. The van der Waals surface area contributed by atoms with Crippen molar-refractivity contribution in [2.24, 2.45) is 0 Å². The maximum absolute atomic E-state index is 13.5. The molecule has 0 aliphatic heterocycles. The van der Waals surface area contributed by atoms with E-state index in [1.54, 1.807) is 35.2 Å². The van der Waals surface area contributed by atoms with Crippen molar-refractivity contribution < 1.29 is 14.3 Å². The summed E-state index contributed by atoms with van der Waals surface area (Å²) in [6, 6.07) is 21.2. The Morgan fingerprint density at radius 2 is 1.69 bits per heavy atom. The van der Waals surface area contributed by atoms with E-state index in [1.165, 1.54) is 0 Å². The van der Waals surface area contributed by atoms with Gasteiger partial charge in [0.1, 0.15) is 11.8 Å². The largest absolute Gasteiger partial charge is 0.482 e. The summed E-state index contributed by atoms with van der Waals surface area (Å²) in [5.41, 5.74) is 1.75. The molecular weight excluding hydrogens is 551 g/mol. The number of nitrogens with one attached hydrogen (secondary N) is 1. The Kier molecular flexibility index (Phi) is 10.0. The van der Waals surface area contributed by atoms with Crippen molar-refractivity contribution in [3.05, 3.63) is 98.4 Å². The number of amides is 2. The predicted octanol–water partition coefficient (Wildman–Crippen LogP) is 6.30. The van der Waals surface area contributed by atoms with E-state index in [9.17, 15) is 9.59 Å². The number of ether oxygens (including phenoxy) is 1. The van der Waals surface area contributed by atoms with Crippen molar-refractivity contribution in [1.29, 1.82) is 0 Å². The second-order valence-corrected chi connectivity index (χ2v) is 10.1. The molecule has 2 amide bonds. The Morgan fingerprint density at radius 3 is 2.34 bits per heavy atom. The van der Waals surface area contributed by atoms with Crippen LogP contribution in [-0.2, 0) is 22.6 Å². The van der Waals surface area contributed by atoms with Gasteiger partial charge in [0.2, 0.25) is 5.91 Å². The Labute approximate surface area is 224 Å². The monoisotopic (exact) mass is 576 g/mol. The van der Waals surface area contributed by atoms with Gasteiger partial charge in [-0.05, 0) is 55.3 Å². The standard InChI is InChI=1S/C27H27BrCl2N2O3/c1-18(2)31-27(34)24(14-19-7-4-3-5-8-19)32(16-20-9-6-10-22(29)13-20)26(33)17-35-25-12-11-21(28)15-23(25)30/h3-13,15,18,24H,14,16-17H2,1-2H3,(H,31,34). The molecule has 5 nitrogen and oxygen atoms in total. The lowest BCUT2D eigenvalue weighted by molar-refractivity contribution is -0.143. The SMILES string of the molecule is CC(C)NC(=O)C(Cc1ccccc1)N(Cc1cccc(Cl)c1)C(=O)COc1ccc(Br)cc1Cl. The molecule has 8 heteroatoms. The van der Waals surface area contributed by atoms with Gasteiger partial charge in [0.05, 0.1) is 5.02 Å². The molecule has 184 valence electrons. The Morgan fingerprint density at radius 1 is 0.971 bits per heavy atom. The van der Waals surface area contributed by atoms with Crippen molar-refractivity contribution in [2.75, 3.05) is 6.61 Å². The van der Waals surface area contributed by atoms with E-state index in [1.807, 2.05) is 56.3 Å². The minimum absolute atomic E-state index is 0.0817. The van der Waals surface area contributed by atoms with Crippen LogP contribution < -0.4 is 10.1 Å². The van der Waals surface area contributed by atoms with Crippen LogP contribution in [0.1, 0.15) is 25.0 Å². The summed E-state index contributed by atoms with van der Waals surface area (Å²) >= 11 is 15.8. The molecule has 0 bridgehead atoms. The van der Waals surface area contributed by atoms with E-state index < -0.39 is 6.04 Å². The molecule has 0 saturated heterocycles. The summed E-state index contributed by atoms with van der Waals surface area (Å²) in [6.45, 7) is 3.69. The zero-order chi connectivity index (χ0) is 25.4. The quantitative estimate of drug-likeness (QED) is 0.308. The van der Waals surface area contributed by atoms with Crippen molar-refractivity contribution >= 4 is 50.9 Å². The first-order chi connectivity index (χ1) is 16.7.